The standard InChI is InChI=1S/C32H31F3N4O3/c33-32(34,35)18-17-24(26(28(36)40)21-9-3-1-4-10-21)30(41)38-29-31(42)39(19-20-15-16-20)25-14-8-7-13-23(25)27(37-29)22-11-5-2-6-12-22/h1-14,20,24,26,29H,15-19H2,(H2,36,40)(H,38,41)/t24-,26+,29-/m1/s1. The molecule has 3 aromatic carbocycles. The molecule has 0 aromatic heterocycles. The molecule has 5 rings (SSSR count). The third kappa shape index (κ3) is 6.70. The topological polar surface area (TPSA) is 105 Å². The maximum Gasteiger partial charge on any atom is 0.389 e. The van der Waals surface area contributed by atoms with Crippen LogP contribution in [0.4, 0.5) is 18.9 Å². The Bertz CT molecular complexity index is 1470. The Morgan fingerprint density at radius 3 is 2.19 bits per heavy atom. The lowest BCUT2D eigenvalue weighted by molar-refractivity contribution is -0.144. The number of aliphatic imine (C=N–C) groups is 1. The maximum absolute atomic E-state index is 14.0. The predicted octanol–water partition coefficient (Wildman–Crippen LogP) is 4.95. The third-order valence-electron chi connectivity index (χ3n) is 7.62. The summed E-state index contributed by atoms with van der Waals surface area (Å²) in [6, 6.07) is 24.5. The van der Waals surface area contributed by atoms with Crippen LogP contribution in [0.3, 0.4) is 0 Å². The highest BCUT2D eigenvalue weighted by Gasteiger charge is 2.41. The number of anilines is 1. The minimum atomic E-state index is -4.57. The SMILES string of the molecule is NC(=O)[C@@H](c1ccccc1)[C@@H](CCC(F)(F)F)C(=O)N[C@H]1N=C(c2ccccc2)c2ccccc2N(CC2CC2)C1=O. The number of nitrogens with zero attached hydrogens (tertiary/aromatic N) is 2. The maximum atomic E-state index is 14.0. The van der Waals surface area contributed by atoms with Gasteiger partial charge in [0.1, 0.15) is 0 Å². The van der Waals surface area contributed by atoms with Crippen LogP contribution in [0.5, 0.6) is 0 Å². The van der Waals surface area contributed by atoms with Crippen molar-refractivity contribution in [2.45, 2.75) is 43.9 Å². The Labute approximate surface area is 241 Å². The number of nitrogens with two attached hydrogens (primary N) is 1. The molecule has 0 unspecified atom stereocenters. The Morgan fingerprint density at radius 1 is 0.952 bits per heavy atom. The summed E-state index contributed by atoms with van der Waals surface area (Å²) in [6.45, 7) is 0.422. The fourth-order valence-electron chi connectivity index (χ4n) is 5.36. The quantitative estimate of drug-likeness (QED) is 0.357. The van der Waals surface area contributed by atoms with E-state index in [9.17, 15) is 27.6 Å². The van der Waals surface area contributed by atoms with Gasteiger partial charge in [-0.25, -0.2) is 4.99 Å². The van der Waals surface area contributed by atoms with E-state index in [1.54, 1.807) is 35.2 Å². The van der Waals surface area contributed by atoms with Gasteiger partial charge in [0.05, 0.1) is 23.2 Å². The minimum absolute atomic E-state index is 0.300. The fourth-order valence-corrected chi connectivity index (χ4v) is 5.36. The number of para-hydroxylation sites is 1. The monoisotopic (exact) mass is 576 g/mol. The Balaban J connectivity index is 1.55. The zero-order chi connectivity index (χ0) is 29.9. The molecule has 42 heavy (non-hydrogen) atoms. The summed E-state index contributed by atoms with van der Waals surface area (Å²) in [5.41, 5.74) is 8.49. The van der Waals surface area contributed by atoms with Crippen LogP contribution in [0.1, 0.15) is 48.3 Å². The van der Waals surface area contributed by atoms with E-state index in [2.05, 4.69) is 5.32 Å². The van der Waals surface area contributed by atoms with Crippen LogP contribution in [0.2, 0.25) is 0 Å². The van der Waals surface area contributed by atoms with E-state index in [0.717, 1.165) is 12.8 Å². The number of rotatable bonds is 10. The third-order valence-corrected chi connectivity index (χ3v) is 7.62. The summed E-state index contributed by atoms with van der Waals surface area (Å²) < 4.78 is 40.1. The van der Waals surface area contributed by atoms with Gasteiger partial charge in [-0.2, -0.15) is 13.2 Å². The van der Waals surface area contributed by atoms with Gasteiger partial charge in [-0.15, -0.1) is 0 Å². The molecule has 3 N–H and O–H groups in total. The number of primary amides is 1. The van der Waals surface area contributed by atoms with E-state index in [1.807, 2.05) is 54.6 Å². The van der Waals surface area contributed by atoms with Crippen molar-refractivity contribution in [3.63, 3.8) is 0 Å². The van der Waals surface area contributed by atoms with E-state index in [-0.39, 0.29) is 0 Å². The number of alkyl halides is 3. The summed E-state index contributed by atoms with van der Waals surface area (Å²) in [7, 11) is 0. The summed E-state index contributed by atoms with van der Waals surface area (Å²) in [4.78, 5) is 46.8. The second-order valence-corrected chi connectivity index (χ2v) is 10.7. The van der Waals surface area contributed by atoms with Crippen molar-refractivity contribution in [2.75, 3.05) is 11.4 Å². The average molecular weight is 577 g/mol. The van der Waals surface area contributed by atoms with Gasteiger partial charge >= 0.3 is 6.18 Å². The Kier molecular flexibility index (Phi) is 8.42. The van der Waals surface area contributed by atoms with Gasteiger partial charge in [-0.05, 0) is 36.8 Å². The van der Waals surface area contributed by atoms with Gasteiger partial charge in [0, 0.05) is 24.1 Å². The smallest absolute Gasteiger partial charge is 0.369 e. The first-order valence-electron chi connectivity index (χ1n) is 13.9. The van der Waals surface area contributed by atoms with E-state index < -0.39 is 54.7 Å². The molecule has 7 nitrogen and oxygen atoms in total. The molecule has 1 aliphatic heterocycles. The molecule has 0 spiro atoms. The lowest BCUT2D eigenvalue weighted by atomic mass is 9.81. The van der Waals surface area contributed by atoms with Crippen molar-refractivity contribution in [3.05, 3.63) is 102 Å². The van der Waals surface area contributed by atoms with Crippen molar-refractivity contribution in [3.8, 4) is 0 Å². The fraction of sp³-hybridized carbons (Fsp3) is 0.312. The Hall–Kier alpha value is -4.47. The van der Waals surface area contributed by atoms with Crippen LogP contribution in [-0.4, -0.2) is 42.3 Å². The number of hydrogen-bond donors (Lipinski definition) is 2. The van der Waals surface area contributed by atoms with E-state index in [4.69, 9.17) is 10.7 Å². The summed E-state index contributed by atoms with van der Waals surface area (Å²) in [6.07, 6.45) is -6.08. The van der Waals surface area contributed by atoms with Crippen LogP contribution < -0.4 is 16.0 Å². The molecule has 218 valence electrons. The number of halogens is 3. The highest BCUT2D eigenvalue weighted by Crippen LogP contribution is 2.36. The molecule has 0 radical (unpaired) electrons. The largest absolute Gasteiger partial charge is 0.389 e. The molecule has 10 heteroatoms. The summed E-state index contributed by atoms with van der Waals surface area (Å²) in [5.74, 6) is -4.87. The number of amides is 3. The number of hydrogen-bond acceptors (Lipinski definition) is 4. The molecule has 1 fully saturated rings. The van der Waals surface area contributed by atoms with Crippen molar-refractivity contribution in [1.82, 2.24) is 5.32 Å². The molecular weight excluding hydrogens is 545 g/mol. The van der Waals surface area contributed by atoms with Gasteiger partial charge in [0.25, 0.3) is 5.91 Å². The summed E-state index contributed by atoms with van der Waals surface area (Å²) in [5, 5.41) is 2.62. The van der Waals surface area contributed by atoms with Crippen molar-refractivity contribution >= 4 is 29.1 Å². The van der Waals surface area contributed by atoms with Crippen molar-refractivity contribution in [1.29, 1.82) is 0 Å². The molecule has 3 aromatic rings. The number of benzodiazepines with no additional fused rings is 1. The number of benzene rings is 3. The highest BCUT2D eigenvalue weighted by atomic mass is 19.4. The highest BCUT2D eigenvalue weighted by molar-refractivity contribution is 6.20. The zero-order valence-corrected chi connectivity index (χ0v) is 22.8. The first-order valence-corrected chi connectivity index (χ1v) is 13.9. The Morgan fingerprint density at radius 2 is 1.57 bits per heavy atom. The van der Waals surface area contributed by atoms with Gasteiger partial charge in [-0.1, -0.05) is 78.9 Å². The molecule has 3 amide bonds. The van der Waals surface area contributed by atoms with Crippen molar-refractivity contribution < 1.29 is 27.6 Å². The minimum Gasteiger partial charge on any atom is -0.369 e. The summed E-state index contributed by atoms with van der Waals surface area (Å²) >= 11 is 0. The lowest BCUT2D eigenvalue weighted by Gasteiger charge is -2.28. The zero-order valence-electron chi connectivity index (χ0n) is 22.8. The van der Waals surface area contributed by atoms with Gasteiger partial charge in [0.2, 0.25) is 18.0 Å². The molecule has 1 saturated carbocycles. The molecule has 2 aliphatic rings. The number of carbonyl (C=O) groups excluding carboxylic acids is 3. The van der Waals surface area contributed by atoms with E-state index in [0.29, 0.717) is 40.6 Å². The number of carbonyl (C=O) groups is 3. The predicted molar refractivity (Wildman–Crippen MR) is 153 cm³/mol. The van der Waals surface area contributed by atoms with Crippen LogP contribution >= 0.6 is 0 Å². The molecule has 0 bridgehead atoms. The van der Waals surface area contributed by atoms with Crippen LogP contribution in [0, 0.1) is 11.8 Å². The second kappa shape index (κ2) is 12.2. The van der Waals surface area contributed by atoms with Crippen molar-refractivity contribution in [2.24, 2.45) is 22.6 Å². The van der Waals surface area contributed by atoms with E-state index >= 15 is 0 Å². The molecular formula is C32H31F3N4O3. The molecule has 3 atom stereocenters. The normalized spacial score (nSPS) is 18.4. The second-order valence-electron chi connectivity index (χ2n) is 10.7. The van der Waals surface area contributed by atoms with Gasteiger partial charge in [-0.3, -0.25) is 14.4 Å². The first-order chi connectivity index (χ1) is 20.1. The molecule has 1 heterocycles. The van der Waals surface area contributed by atoms with Gasteiger partial charge in [0.15, 0.2) is 0 Å². The first kappa shape index (κ1) is 29.0. The average Bonchev–Trinajstić information content (AvgIpc) is 3.81. The molecule has 1 aliphatic carbocycles. The van der Waals surface area contributed by atoms with Gasteiger partial charge < -0.3 is 16.0 Å². The number of fused-ring (bicyclic) bond motifs is 1. The van der Waals surface area contributed by atoms with E-state index in [1.165, 1.54) is 0 Å². The van der Waals surface area contributed by atoms with Crippen LogP contribution in [0.25, 0.3) is 0 Å². The van der Waals surface area contributed by atoms with Crippen LogP contribution in [-0.2, 0) is 14.4 Å². The molecule has 0 saturated heterocycles. The number of nitrogens with one attached hydrogen (secondary N) is 1. The van der Waals surface area contributed by atoms with Crippen LogP contribution in [0.15, 0.2) is 89.9 Å². The lowest BCUT2D eigenvalue weighted by Crippen LogP contribution is -2.51.